The number of nitrogens with zero attached hydrogens (tertiary/aromatic N) is 1. The second-order valence-electron chi connectivity index (χ2n) is 4.77. The number of hydrogen-bond acceptors (Lipinski definition) is 4. The van der Waals surface area contributed by atoms with Gasteiger partial charge in [0.15, 0.2) is 6.61 Å². The molecule has 1 aromatic heterocycles. The van der Waals surface area contributed by atoms with Crippen LogP contribution in [0.15, 0.2) is 42.7 Å². The van der Waals surface area contributed by atoms with Gasteiger partial charge in [-0.2, -0.15) is 0 Å². The second-order valence-corrected chi connectivity index (χ2v) is 5.62. The van der Waals surface area contributed by atoms with Gasteiger partial charge in [0.1, 0.15) is 5.75 Å². The fraction of sp³-hybridized carbons (Fsp3) is 0.188. The van der Waals surface area contributed by atoms with Crippen LogP contribution in [0, 0.1) is 0 Å². The topological polar surface area (TPSA) is 80.3 Å². The van der Waals surface area contributed by atoms with Crippen molar-refractivity contribution in [3.05, 3.63) is 58.3 Å². The van der Waals surface area contributed by atoms with Gasteiger partial charge in [-0.1, -0.05) is 23.2 Å². The van der Waals surface area contributed by atoms with Crippen molar-refractivity contribution in [3.8, 4) is 5.75 Å². The lowest BCUT2D eigenvalue weighted by atomic mass is 10.3. The summed E-state index contributed by atoms with van der Waals surface area (Å²) in [5.74, 6) is -0.386. The first kappa shape index (κ1) is 18.0. The first-order valence-electron chi connectivity index (χ1n) is 7.05. The van der Waals surface area contributed by atoms with Crippen LogP contribution < -0.4 is 15.4 Å². The summed E-state index contributed by atoms with van der Waals surface area (Å²) in [7, 11) is 0. The SMILES string of the molecule is O=C(CNC(=O)COc1ccc(Cl)cc1Cl)NCc1ccncc1. The van der Waals surface area contributed by atoms with Gasteiger partial charge in [0.05, 0.1) is 11.6 Å². The summed E-state index contributed by atoms with van der Waals surface area (Å²) in [6, 6.07) is 8.28. The van der Waals surface area contributed by atoms with Gasteiger partial charge in [-0.3, -0.25) is 14.6 Å². The quantitative estimate of drug-likeness (QED) is 0.785. The molecule has 126 valence electrons. The molecule has 2 rings (SSSR count). The second kappa shape index (κ2) is 9.10. The third-order valence-corrected chi connectivity index (χ3v) is 3.47. The third-order valence-electron chi connectivity index (χ3n) is 2.94. The molecule has 2 N–H and O–H groups in total. The van der Waals surface area contributed by atoms with Crippen LogP contribution in [0.2, 0.25) is 10.0 Å². The smallest absolute Gasteiger partial charge is 0.258 e. The highest BCUT2D eigenvalue weighted by Crippen LogP contribution is 2.27. The number of carbonyl (C=O) groups excluding carboxylic acids is 2. The maximum atomic E-state index is 11.7. The Balaban J connectivity index is 1.68. The fourth-order valence-corrected chi connectivity index (χ4v) is 2.19. The maximum absolute atomic E-state index is 11.7. The Bertz CT molecular complexity index is 711. The first-order chi connectivity index (χ1) is 11.5. The molecule has 0 saturated carbocycles. The van der Waals surface area contributed by atoms with Crippen LogP contribution in [0.25, 0.3) is 0 Å². The molecule has 6 nitrogen and oxygen atoms in total. The van der Waals surface area contributed by atoms with E-state index in [1.54, 1.807) is 36.7 Å². The first-order valence-corrected chi connectivity index (χ1v) is 7.80. The Kier molecular flexibility index (Phi) is 6.84. The molecule has 24 heavy (non-hydrogen) atoms. The van der Waals surface area contributed by atoms with Crippen LogP contribution in [0.3, 0.4) is 0 Å². The highest BCUT2D eigenvalue weighted by molar-refractivity contribution is 6.35. The van der Waals surface area contributed by atoms with Gasteiger partial charge >= 0.3 is 0 Å². The fourth-order valence-electron chi connectivity index (χ4n) is 1.73. The molecule has 2 aromatic rings. The number of ether oxygens (including phenoxy) is 1. The number of amides is 2. The van der Waals surface area contributed by atoms with E-state index in [0.717, 1.165) is 5.56 Å². The molecule has 0 radical (unpaired) electrons. The highest BCUT2D eigenvalue weighted by Gasteiger charge is 2.08. The summed E-state index contributed by atoms with van der Waals surface area (Å²) < 4.78 is 5.27. The summed E-state index contributed by atoms with van der Waals surface area (Å²) in [5.41, 5.74) is 0.922. The van der Waals surface area contributed by atoms with E-state index in [1.807, 2.05) is 0 Å². The van der Waals surface area contributed by atoms with Crippen LogP contribution in [0.4, 0.5) is 0 Å². The highest BCUT2D eigenvalue weighted by atomic mass is 35.5. The Morgan fingerprint density at radius 2 is 1.79 bits per heavy atom. The molecule has 2 amide bonds. The predicted molar refractivity (Wildman–Crippen MR) is 91.1 cm³/mol. The van der Waals surface area contributed by atoms with Gasteiger partial charge in [0, 0.05) is 24.0 Å². The molecule has 8 heteroatoms. The lowest BCUT2D eigenvalue weighted by molar-refractivity contribution is -0.127. The lowest BCUT2D eigenvalue weighted by Gasteiger charge is -2.09. The van der Waals surface area contributed by atoms with Crippen molar-refractivity contribution in [2.24, 2.45) is 0 Å². The molecule has 1 aromatic carbocycles. The van der Waals surface area contributed by atoms with Crippen molar-refractivity contribution in [1.29, 1.82) is 0 Å². The number of halogens is 2. The van der Waals surface area contributed by atoms with Crippen molar-refractivity contribution >= 4 is 35.0 Å². The van der Waals surface area contributed by atoms with Crippen molar-refractivity contribution in [3.63, 3.8) is 0 Å². The van der Waals surface area contributed by atoms with E-state index in [4.69, 9.17) is 27.9 Å². The lowest BCUT2D eigenvalue weighted by Crippen LogP contribution is -2.38. The number of pyridine rings is 1. The van der Waals surface area contributed by atoms with E-state index in [2.05, 4.69) is 15.6 Å². The van der Waals surface area contributed by atoms with E-state index >= 15 is 0 Å². The number of hydrogen-bond donors (Lipinski definition) is 2. The Labute approximate surface area is 149 Å². The zero-order chi connectivity index (χ0) is 17.4. The molecule has 0 aliphatic carbocycles. The minimum absolute atomic E-state index is 0.137. The molecule has 0 aliphatic rings. The average Bonchev–Trinajstić information content (AvgIpc) is 2.58. The van der Waals surface area contributed by atoms with Crippen LogP contribution in [0.5, 0.6) is 5.75 Å². The van der Waals surface area contributed by atoms with Gasteiger partial charge < -0.3 is 15.4 Å². The summed E-state index contributed by atoms with van der Waals surface area (Å²) in [6.45, 7) is -0.0191. The molecular formula is C16H15Cl2N3O3. The Morgan fingerprint density at radius 1 is 1.04 bits per heavy atom. The Hall–Kier alpha value is -2.31. The van der Waals surface area contributed by atoms with Gasteiger partial charge in [-0.05, 0) is 35.9 Å². The zero-order valence-corrected chi connectivity index (χ0v) is 14.1. The standard InChI is InChI=1S/C16H15Cl2N3O3/c17-12-1-2-14(13(18)7-12)24-10-16(23)21-9-15(22)20-8-11-3-5-19-6-4-11/h1-7H,8-10H2,(H,20,22)(H,21,23). The van der Waals surface area contributed by atoms with Gasteiger partial charge in [0.2, 0.25) is 5.91 Å². The minimum atomic E-state index is -0.430. The molecule has 0 unspecified atom stereocenters. The van der Waals surface area contributed by atoms with Crippen LogP contribution in [0.1, 0.15) is 5.56 Å². The van der Waals surface area contributed by atoms with Crippen LogP contribution in [-0.2, 0) is 16.1 Å². The molecule has 0 fully saturated rings. The number of aromatic nitrogens is 1. The molecule has 0 saturated heterocycles. The number of rotatable bonds is 7. The number of carbonyl (C=O) groups is 2. The molecule has 0 atom stereocenters. The monoisotopic (exact) mass is 367 g/mol. The van der Waals surface area contributed by atoms with Crippen molar-refractivity contribution in [2.45, 2.75) is 6.54 Å². The average molecular weight is 368 g/mol. The molecular weight excluding hydrogens is 353 g/mol. The summed E-state index contributed by atoms with van der Waals surface area (Å²) in [4.78, 5) is 27.2. The van der Waals surface area contributed by atoms with Crippen molar-refractivity contribution in [2.75, 3.05) is 13.2 Å². The zero-order valence-electron chi connectivity index (χ0n) is 12.6. The van der Waals surface area contributed by atoms with E-state index in [1.165, 1.54) is 6.07 Å². The normalized spacial score (nSPS) is 10.1. The van der Waals surface area contributed by atoms with E-state index < -0.39 is 5.91 Å². The number of nitrogens with one attached hydrogen (secondary N) is 2. The van der Waals surface area contributed by atoms with Gasteiger partial charge in [-0.25, -0.2) is 0 Å². The summed E-state index contributed by atoms with van der Waals surface area (Å²) in [5, 5.41) is 5.93. The third kappa shape index (κ3) is 6.06. The number of benzene rings is 1. The van der Waals surface area contributed by atoms with E-state index in [9.17, 15) is 9.59 Å². The van der Waals surface area contributed by atoms with Gasteiger partial charge in [-0.15, -0.1) is 0 Å². The largest absolute Gasteiger partial charge is 0.482 e. The van der Waals surface area contributed by atoms with E-state index in [0.29, 0.717) is 22.3 Å². The minimum Gasteiger partial charge on any atom is -0.482 e. The maximum Gasteiger partial charge on any atom is 0.258 e. The predicted octanol–water partition coefficient (Wildman–Crippen LogP) is 2.20. The van der Waals surface area contributed by atoms with Gasteiger partial charge in [0.25, 0.3) is 5.91 Å². The van der Waals surface area contributed by atoms with Crippen molar-refractivity contribution in [1.82, 2.24) is 15.6 Å². The molecule has 0 spiro atoms. The Morgan fingerprint density at radius 3 is 2.50 bits per heavy atom. The van der Waals surface area contributed by atoms with Crippen molar-refractivity contribution < 1.29 is 14.3 Å². The van der Waals surface area contributed by atoms with Crippen LogP contribution in [-0.4, -0.2) is 29.9 Å². The molecule has 0 aliphatic heterocycles. The summed E-state index contributed by atoms with van der Waals surface area (Å²) >= 11 is 11.7. The van der Waals surface area contributed by atoms with E-state index in [-0.39, 0.29) is 19.1 Å². The molecule has 0 bridgehead atoms. The van der Waals surface area contributed by atoms with Crippen LogP contribution >= 0.6 is 23.2 Å². The summed E-state index contributed by atoms with van der Waals surface area (Å²) in [6.07, 6.45) is 3.28. The molecule has 1 heterocycles.